The van der Waals surface area contributed by atoms with E-state index in [0.717, 1.165) is 19.3 Å². The molecule has 0 radical (unpaired) electrons. The summed E-state index contributed by atoms with van der Waals surface area (Å²) in [5.41, 5.74) is -0.380. The molecule has 1 nitrogen and oxygen atoms in total. The molecule has 0 aromatic rings. The van der Waals surface area contributed by atoms with Crippen LogP contribution in [0.1, 0.15) is 38.5 Å². The Morgan fingerprint density at radius 1 is 1.38 bits per heavy atom. The van der Waals surface area contributed by atoms with Crippen molar-refractivity contribution in [3.8, 4) is 0 Å². The first-order valence-electron chi connectivity index (χ1n) is 4.93. The highest BCUT2D eigenvalue weighted by atomic mass is 79.9. The zero-order valence-corrected chi connectivity index (χ0v) is 10.0. The Labute approximate surface area is 92.1 Å². The van der Waals surface area contributed by atoms with Crippen LogP contribution in [0.25, 0.3) is 0 Å². The molecular weight excluding hydrogens is 248 g/mol. The van der Waals surface area contributed by atoms with Crippen molar-refractivity contribution in [1.29, 1.82) is 0 Å². The molecule has 0 aromatic heterocycles. The Morgan fingerprint density at radius 2 is 2.08 bits per heavy atom. The van der Waals surface area contributed by atoms with Gasteiger partial charge in [0, 0.05) is 9.73 Å². The molecule has 2 rings (SSSR count). The maximum atomic E-state index is 10.4. The predicted molar refractivity (Wildman–Crippen MR) is 61.0 cm³/mol. The molecule has 0 spiro atoms. The molecule has 1 unspecified atom stereocenters. The number of aliphatic hydroxyl groups is 1. The molecule has 13 heavy (non-hydrogen) atoms. The second kappa shape index (κ2) is 3.95. The van der Waals surface area contributed by atoms with Gasteiger partial charge >= 0.3 is 0 Å². The molecule has 1 heterocycles. The van der Waals surface area contributed by atoms with E-state index in [1.165, 1.54) is 23.7 Å². The Morgan fingerprint density at radius 3 is 2.62 bits per heavy atom. The maximum absolute atomic E-state index is 10.4. The van der Waals surface area contributed by atoms with Crippen molar-refractivity contribution < 1.29 is 5.11 Å². The van der Waals surface area contributed by atoms with E-state index in [1.807, 2.05) is 0 Å². The summed E-state index contributed by atoms with van der Waals surface area (Å²) >= 11 is 5.30. The third-order valence-corrected chi connectivity index (χ3v) is 5.27. The van der Waals surface area contributed by atoms with Gasteiger partial charge in [-0.1, -0.05) is 35.2 Å². The van der Waals surface area contributed by atoms with Gasteiger partial charge < -0.3 is 5.11 Å². The fourth-order valence-electron chi connectivity index (χ4n) is 2.23. The van der Waals surface area contributed by atoms with E-state index < -0.39 is 0 Å². The number of halogens is 1. The highest BCUT2D eigenvalue weighted by molar-refractivity contribution is 9.11. The van der Waals surface area contributed by atoms with Crippen LogP contribution in [-0.2, 0) is 0 Å². The molecule has 3 heteroatoms. The topological polar surface area (TPSA) is 20.2 Å². The standard InChI is InChI=1S/C10H15BrOS/c11-8-6-9(13-7-8)10(12)4-2-1-3-5-10/h7,9,12H,1-6H2. The van der Waals surface area contributed by atoms with Gasteiger partial charge in [0.15, 0.2) is 0 Å². The first-order chi connectivity index (χ1) is 6.21. The third kappa shape index (κ3) is 2.13. The number of hydrogen-bond donors (Lipinski definition) is 1. The summed E-state index contributed by atoms with van der Waals surface area (Å²) in [6, 6.07) is 0. The van der Waals surface area contributed by atoms with Crippen molar-refractivity contribution >= 4 is 27.7 Å². The van der Waals surface area contributed by atoms with Crippen molar-refractivity contribution in [3.05, 3.63) is 9.89 Å². The van der Waals surface area contributed by atoms with Crippen LogP contribution in [0.4, 0.5) is 0 Å². The summed E-state index contributed by atoms with van der Waals surface area (Å²) in [7, 11) is 0. The molecule has 1 fully saturated rings. The molecule has 1 aliphatic carbocycles. The summed E-state index contributed by atoms with van der Waals surface area (Å²) in [5.74, 6) is 0. The zero-order valence-electron chi connectivity index (χ0n) is 7.63. The van der Waals surface area contributed by atoms with E-state index >= 15 is 0 Å². The normalized spacial score (nSPS) is 33.1. The van der Waals surface area contributed by atoms with E-state index in [9.17, 15) is 5.11 Å². The van der Waals surface area contributed by atoms with Gasteiger partial charge in [0.05, 0.1) is 5.60 Å². The van der Waals surface area contributed by atoms with Crippen LogP contribution in [-0.4, -0.2) is 16.0 Å². The van der Waals surface area contributed by atoms with Crippen LogP contribution in [0.15, 0.2) is 9.89 Å². The molecule has 1 aliphatic heterocycles. The fraction of sp³-hybridized carbons (Fsp3) is 0.800. The third-order valence-electron chi connectivity index (χ3n) is 3.06. The Bertz CT molecular complexity index is 221. The minimum atomic E-state index is -0.380. The fourth-order valence-corrected chi connectivity index (χ4v) is 4.27. The molecular formula is C10H15BrOS. The highest BCUT2D eigenvalue weighted by Crippen LogP contribution is 2.44. The Hall–Kier alpha value is 0.530. The van der Waals surface area contributed by atoms with E-state index in [1.54, 1.807) is 11.8 Å². The van der Waals surface area contributed by atoms with Gasteiger partial charge in [-0.05, 0) is 24.7 Å². The maximum Gasteiger partial charge on any atom is 0.0772 e. The molecule has 0 amide bonds. The lowest BCUT2D eigenvalue weighted by Crippen LogP contribution is -2.41. The van der Waals surface area contributed by atoms with Gasteiger partial charge in [0.1, 0.15) is 0 Å². The molecule has 1 N–H and O–H groups in total. The first-order valence-corrected chi connectivity index (χ1v) is 6.67. The predicted octanol–water partition coefficient (Wildman–Crippen LogP) is 3.42. The van der Waals surface area contributed by atoms with Crippen molar-refractivity contribution in [3.63, 3.8) is 0 Å². The van der Waals surface area contributed by atoms with Crippen LogP contribution >= 0.6 is 27.7 Å². The smallest absolute Gasteiger partial charge is 0.0772 e. The average Bonchev–Trinajstić information content (AvgIpc) is 2.54. The van der Waals surface area contributed by atoms with E-state index in [2.05, 4.69) is 21.3 Å². The monoisotopic (exact) mass is 262 g/mol. The number of thioether (sulfide) groups is 1. The average molecular weight is 263 g/mol. The summed E-state index contributed by atoms with van der Waals surface area (Å²) in [6.45, 7) is 0. The van der Waals surface area contributed by atoms with Crippen LogP contribution in [0, 0.1) is 0 Å². The Balaban J connectivity index is 1.99. The highest BCUT2D eigenvalue weighted by Gasteiger charge is 2.39. The van der Waals surface area contributed by atoms with Crippen molar-refractivity contribution in [2.75, 3.05) is 0 Å². The number of hydrogen-bond acceptors (Lipinski definition) is 2. The molecule has 1 saturated carbocycles. The molecule has 0 aromatic carbocycles. The minimum absolute atomic E-state index is 0.380. The number of allylic oxidation sites excluding steroid dienone is 1. The summed E-state index contributed by atoms with van der Waals surface area (Å²) in [6.07, 6.45) is 6.71. The van der Waals surface area contributed by atoms with Gasteiger partial charge in [0.2, 0.25) is 0 Å². The van der Waals surface area contributed by atoms with E-state index in [0.29, 0.717) is 5.25 Å². The lowest BCUT2D eigenvalue weighted by Gasteiger charge is -2.36. The second-order valence-corrected chi connectivity index (χ2v) is 6.15. The Kier molecular flexibility index (Phi) is 3.06. The van der Waals surface area contributed by atoms with Gasteiger partial charge in [-0.3, -0.25) is 0 Å². The SMILES string of the molecule is OC1(C2CC(Br)=CS2)CCCCC1. The van der Waals surface area contributed by atoms with E-state index in [4.69, 9.17) is 0 Å². The molecule has 1 atom stereocenters. The summed E-state index contributed by atoms with van der Waals surface area (Å²) in [4.78, 5) is 0. The molecule has 0 bridgehead atoms. The van der Waals surface area contributed by atoms with Crippen LogP contribution < -0.4 is 0 Å². The largest absolute Gasteiger partial charge is 0.389 e. The van der Waals surface area contributed by atoms with Crippen molar-refractivity contribution in [2.24, 2.45) is 0 Å². The van der Waals surface area contributed by atoms with Gasteiger partial charge in [0.25, 0.3) is 0 Å². The zero-order chi connectivity index (χ0) is 9.31. The van der Waals surface area contributed by atoms with Crippen LogP contribution in [0.5, 0.6) is 0 Å². The summed E-state index contributed by atoms with van der Waals surface area (Å²) in [5, 5.41) is 13.0. The molecule has 0 saturated heterocycles. The van der Waals surface area contributed by atoms with Gasteiger partial charge in [-0.2, -0.15) is 0 Å². The van der Waals surface area contributed by atoms with Gasteiger partial charge in [-0.15, -0.1) is 11.8 Å². The van der Waals surface area contributed by atoms with Crippen LogP contribution in [0.3, 0.4) is 0 Å². The minimum Gasteiger partial charge on any atom is -0.389 e. The quantitative estimate of drug-likeness (QED) is 0.782. The lowest BCUT2D eigenvalue weighted by molar-refractivity contribution is 0.00334. The molecule has 74 valence electrons. The second-order valence-electron chi connectivity index (χ2n) is 4.06. The van der Waals surface area contributed by atoms with Gasteiger partial charge in [-0.25, -0.2) is 0 Å². The number of rotatable bonds is 1. The van der Waals surface area contributed by atoms with E-state index in [-0.39, 0.29) is 5.60 Å². The van der Waals surface area contributed by atoms with Crippen molar-refractivity contribution in [2.45, 2.75) is 49.4 Å². The first kappa shape index (κ1) is 10.1. The molecule has 2 aliphatic rings. The van der Waals surface area contributed by atoms with Crippen LogP contribution in [0.2, 0.25) is 0 Å². The summed E-state index contributed by atoms with van der Waals surface area (Å²) < 4.78 is 1.25. The lowest BCUT2D eigenvalue weighted by atomic mass is 9.81. The van der Waals surface area contributed by atoms with Crippen molar-refractivity contribution in [1.82, 2.24) is 0 Å².